The summed E-state index contributed by atoms with van der Waals surface area (Å²) in [5.41, 5.74) is -0.846. The van der Waals surface area contributed by atoms with Gasteiger partial charge in [0.2, 0.25) is 11.8 Å². The average Bonchev–Trinajstić information content (AvgIpc) is 2.77. The lowest BCUT2D eigenvalue weighted by Gasteiger charge is -2.38. The topological polar surface area (TPSA) is 191 Å². The van der Waals surface area contributed by atoms with Crippen LogP contribution in [0.25, 0.3) is 0 Å². The van der Waals surface area contributed by atoms with Crippen LogP contribution in [0.5, 0.6) is 0 Å². The first kappa shape index (κ1) is 31.6. The van der Waals surface area contributed by atoms with Crippen molar-refractivity contribution in [2.75, 3.05) is 32.1 Å². The number of phosphoric ester groups is 1. The van der Waals surface area contributed by atoms with Crippen molar-refractivity contribution in [3.63, 3.8) is 0 Å². The molecule has 1 unspecified atom stereocenters. The number of Topliss-reactive ketones (excluding diaryl/α,β-unsaturated/α-hetero) is 1. The molecule has 2 amide bonds. The Morgan fingerprint density at radius 1 is 1.11 bits per heavy atom. The first-order valence-electron chi connectivity index (χ1n) is 11.0. The van der Waals surface area contributed by atoms with Gasteiger partial charge >= 0.3 is 13.8 Å². The van der Waals surface area contributed by atoms with Crippen LogP contribution in [0, 0.1) is 5.41 Å². The van der Waals surface area contributed by atoms with E-state index in [1.54, 1.807) is 20.8 Å². The van der Waals surface area contributed by atoms with Crippen LogP contribution < -0.4 is 10.6 Å². The van der Waals surface area contributed by atoms with E-state index in [1.807, 2.05) is 0 Å². The van der Waals surface area contributed by atoms with E-state index in [-0.39, 0.29) is 38.5 Å². The molecule has 13 nitrogen and oxygen atoms in total. The zero-order valence-corrected chi connectivity index (χ0v) is 22.0. The van der Waals surface area contributed by atoms with Gasteiger partial charge in [0, 0.05) is 36.8 Å². The van der Waals surface area contributed by atoms with E-state index in [9.17, 15) is 38.2 Å². The van der Waals surface area contributed by atoms with E-state index >= 15 is 0 Å². The van der Waals surface area contributed by atoms with Crippen molar-refractivity contribution >= 4 is 54.1 Å². The summed E-state index contributed by atoms with van der Waals surface area (Å²) in [6.45, 7) is 4.97. The van der Waals surface area contributed by atoms with Gasteiger partial charge in [-0.15, -0.1) is 0 Å². The molecule has 15 heteroatoms. The minimum atomic E-state index is -4.31. The van der Waals surface area contributed by atoms with Gasteiger partial charge in [-0.3, -0.25) is 33.0 Å². The monoisotopic (exact) mass is 550 g/mol. The molecule has 2 atom stereocenters. The maximum Gasteiger partial charge on any atom is 0.472 e. The number of amides is 2. The molecule has 36 heavy (non-hydrogen) atoms. The number of hydrogen-bond acceptors (Lipinski definition) is 11. The van der Waals surface area contributed by atoms with Gasteiger partial charge in [-0.1, -0.05) is 25.6 Å². The van der Waals surface area contributed by atoms with Gasteiger partial charge in [-0.2, -0.15) is 0 Å². The third-order valence-corrected chi connectivity index (χ3v) is 6.34. The molecule has 0 aromatic carbocycles. The molecule has 0 bridgehead atoms. The van der Waals surface area contributed by atoms with Crippen LogP contribution in [0.3, 0.4) is 0 Å². The molecule has 0 saturated carbocycles. The highest BCUT2D eigenvalue weighted by Gasteiger charge is 2.47. The maximum atomic E-state index is 12.3. The minimum absolute atomic E-state index is 0.0452. The van der Waals surface area contributed by atoms with E-state index < -0.39 is 66.6 Å². The molecule has 1 rings (SSSR count). The van der Waals surface area contributed by atoms with Crippen LogP contribution in [0.4, 0.5) is 0 Å². The first-order valence-corrected chi connectivity index (χ1v) is 13.5. The summed E-state index contributed by atoms with van der Waals surface area (Å²) >= 11 is 0.820. The van der Waals surface area contributed by atoms with Crippen molar-refractivity contribution in [2.24, 2.45) is 5.41 Å². The van der Waals surface area contributed by atoms with Crippen LogP contribution >= 0.6 is 19.6 Å². The summed E-state index contributed by atoms with van der Waals surface area (Å²) < 4.78 is 25.8. The van der Waals surface area contributed by atoms with Crippen molar-refractivity contribution in [2.45, 2.75) is 46.1 Å². The Morgan fingerprint density at radius 2 is 1.81 bits per heavy atom. The van der Waals surface area contributed by atoms with Gasteiger partial charge in [0.15, 0.2) is 17.0 Å². The zero-order chi connectivity index (χ0) is 27.4. The van der Waals surface area contributed by atoms with E-state index in [2.05, 4.69) is 15.4 Å². The van der Waals surface area contributed by atoms with Gasteiger partial charge in [0.1, 0.15) is 5.78 Å². The maximum absolute atomic E-state index is 12.3. The predicted octanol–water partition coefficient (Wildman–Crippen LogP) is 0.448. The Labute approximate surface area is 212 Å². The van der Waals surface area contributed by atoms with Crippen LogP contribution in [0.2, 0.25) is 0 Å². The van der Waals surface area contributed by atoms with E-state index in [0.717, 1.165) is 23.9 Å². The average molecular weight is 551 g/mol. The summed E-state index contributed by atoms with van der Waals surface area (Å²) in [6.07, 6.45) is -0.444. The second-order valence-electron chi connectivity index (χ2n) is 8.27. The van der Waals surface area contributed by atoms with E-state index in [0.29, 0.717) is 0 Å². The van der Waals surface area contributed by atoms with Crippen LogP contribution in [0.15, 0.2) is 12.2 Å². The molecule has 0 aliphatic carbocycles. The molecule has 0 spiro atoms. The standard InChI is InChI=1S/C21H31N2O11PS/c1-4-32-17(27)6-5-14(24)11-15(25)12-18(28)36-10-9-22-16(26)7-8-23-20(29)19-21(2,3)13-33-35(30,31)34-19/h5-6,19H,4,7-13H2,1-3H3,(H,22,26)(H,23,29)(H,30,31)/b6-5+/t19-/m0/s1. The number of ether oxygens (including phenoxy) is 1. The van der Waals surface area contributed by atoms with Crippen LogP contribution in [0.1, 0.15) is 40.0 Å². The molecular formula is C21H31N2O11PS. The Balaban J connectivity index is 2.22. The van der Waals surface area contributed by atoms with Gasteiger partial charge in [0.05, 0.1) is 26.1 Å². The molecule has 1 fully saturated rings. The Kier molecular flexibility index (Phi) is 13.2. The highest BCUT2D eigenvalue weighted by molar-refractivity contribution is 8.13. The summed E-state index contributed by atoms with van der Waals surface area (Å²) in [7, 11) is -4.31. The van der Waals surface area contributed by atoms with E-state index in [1.165, 1.54) is 0 Å². The quantitative estimate of drug-likeness (QED) is 0.0891. The largest absolute Gasteiger partial charge is 0.472 e. The third kappa shape index (κ3) is 12.5. The third-order valence-electron chi connectivity index (χ3n) is 4.53. The number of nitrogens with one attached hydrogen (secondary N) is 2. The summed E-state index contributed by atoms with van der Waals surface area (Å²) in [4.78, 5) is 80.0. The fourth-order valence-corrected chi connectivity index (χ4v) is 4.65. The first-order chi connectivity index (χ1) is 16.8. The Bertz CT molecular complexity index is 935. The van der Waals surface area contributed by atoms with Crippen molar-refractivity contribution in [3.05, 3.63) is 12.2 Å². The predicted molar refractivity (Wildman–Crippen MR) is 128 cm³/mol. The highest BCUT2D eigenvalue weighted by Crippen LogP contribution is 2.52. The molecule has 1 aliphatic rings. The molecule has 1 heterocycles. The van der Waals surface area contributed by atoms with Gasteiger partial charge < -0.3 is 20.3 Å². The molecule has 3 N–H and O–H groups in total. The van der Waals surface area contributed by atoms with E-state index in [4.69, 9.17) is 9.05 Å². The molecule has 0 aromatic rings. The van der Waals surface area contributed by atoms with Gasteiger partial charge in [-0.25, -0.2) is 9.36 Å². The lowest BCUT2D eigenvalue weighted by molar-refractivity contribution is -0.141. The molecule has 0 radical (unpaired) electrons. The molecular weight excluding hydrogens is 519 g/mol. The number of ketones is 2. The number of rotatable bonds is 14. The van der Waals surface area contributed by atoms with Gasteiger partial charge in [-0.05, 0) is 13.0 Å². The number of thioether (sulfide) groups is 1. The number of carbonyl (C=O) groups excluding carboxylic acids is 6. The van der Waals surface area contributed by atoms with Crippen molar-refractivity contribution < 1.29 is 52.0 Å². The van der Waals surface area contributed by atoms with Crippen LogP contribution in [-0.2, 0) is 47.1 Å². The summed E-state index contributed by atoms with van der Waals surface area (Å²) in [5, 5.41) is 4.56. The van der Waals surface area contributed by atoms with Crippen LogP contribution in [-0.4, -0.2) is 77.5 Å². The number of esters is 1. The van der Waals surface area contributed by atoms with Gasteiger partial charge in [0.25, 0.3) is 0 Å². The fraction of sp³-hybridized carbons (Fsp3) is 0.619. The number of phosphoric acid groups is 1. The lowest BCUT2D eigenvalue weighted by atomic mass is 9.87. The number of hydrogen-bond donors (Lipinski definition) is 3. The summed E-state index contributed by atoms with van der Waals surface area (Å²) in [5.74, 6) is -2.78. The number of allylic oxidation sites excluding steroid dienone is 1. The highest BCUT2D eigenvalue weighted by atomic mass is 32.2. The summed E-state index contributed by atoms with van der Waals surface area (Å²) in [6, 6.07) is 0. The molecule has 1 saturated heterocycles. The normalized spacial score (nSPS) is 20.9. The van der Waals surface area contributed by atoms with Crippen molar-refractivity contribution in [1.29, 1.82) is 0 Å². The minimum Gasteiger partial charge on any atom is -0.463 e. The lowest BCUT2D eigenvalue weighted by Crippen LogP contribution is -2.49. The second kappa shape index (κ2) is 15.0. The molecule has 1 aliphatic heterocycles. The fourth-order valence-electron chi connectivity index (χ4n) is 2.75. The Hall–Kier alpha value is -2.38. The number of carbonyl (C=O) groups is 6. The molecule has 202 valence electrons. The smallest absolute Gasteiger partial charge is 0.463 e. The van der Waals surface area contributed by atoms with Crippen molar-refractivity contribution in [1.82, 2.24) is 10.6 Å². The molecule has 0 aromatic heterocycles. The second-order valence-corrected chi connectivity index (χ2v) is 10.8. The zero-order valence-electron chi connectivity index (χ0n) is 20.3. The SMILES string of the molecule is CCOC(=O)/C=C/C(=O)CC(=O)CC(=O)SCCNC(=O)CCNC(=O)[C@@H]1OP(=O)(O)OCC1(C)C. The Morgan fingerprint density at radius 3 is 2.47 bits per heavy atom. The van der Waals surface area contributed by atoms with Crippen molar-refractivity contribution in [3.8, 4) is 0 Å².